The summed E-state index contributed by atoms with van der Waals surface area (Å²) in [5.74, 6) is -0.0969. The first-order valence-electron chi connectivity index (χ1n) is 12.7. The van der Waals surface area contributed by atoms with Crippen molar-refractivity contribution in [1.82, 2.24) is 9.80 Å². The lowest BCUT2D eigenvalue weighted by Gasteiger charge is -2.39. The van der Waals surface area contributed by atoms with Gasteiger partial charge in [-0.2, -0.15) is 4.99 Å². The molecular weight excluding hydrogens is 537 g/mol. The van der Waals surface area contributed by atoms with Crippen LogP contribution < -0.4 is 0 Å². The molecule has 1 amide bonds. The molecule has 0 saturated carbocycles. The zero-order chi connectivity index (χ0) is 27.1. The van der Waals surface area contributed by atoms with Gasteiger partial charge in [0.1, 0.15) is 0 Å². The fourth-order valence-electron chi connectivity index (χ4n) is 5.07. The molecule has 1 atom stereocenters. The molecule has 0 aliphatic carbocycles. The number of aliphatic imine (C=N–C) groups is 1. The van der Waals surface area contributed by atoms with Crippen molar-refractivity contribution in [2.45, 2.75) is 30.8 Å². The van der Waals surface area contributed by atoms with Crippen LogP contribution in [0.2, 0.25) is 10.0 Å². The number of hydrogen-bond acceptors (Lipinski definition) is 5. The van der Waals surface area contributed by atoms with Crippen molar-refractivity contribution >= 4 is 52.2 Å². The van der Waals surface area contributed by atoms with E-state index in [0.29, 0.717) is 40.7 Å². The summed E-state index contributed by atoms with van der Waals surface area (Å²) in [6.07, 6.45) is 2.19. The molecule has 8 heteroatoms. The molecule has 0 bridgehead atoms. The van der Waals surface area contributed by atoms with Crippen LogP contribution in [0.5, 0.6) is 0 Å². The number of amides is 1. The highest BCUT2D eigenvalue weighted by Gasteiger charge is 2.34. The van der Waals surface area contributed by atoms with E-state index in [1.165, 1.54) is 0 Å². The molecule has 3 aromatic carbocycles. The van der Waals surface area contributed by atoms with Crippen LogP contribution in [0.3, 0.4) is 0 Å². The first-order chi connectivity index (χ1) is 18.3. The molecule has 198 valence electrons. The Balaban J connectivity index is 1.46. The van der Waals surface area contributed by atoms with E-state index in [1.54, 1.807) is 30.1 Å². The number of benzene rings is 3. The average Bonchev–Trinajstić information content (AvgIpc) is 2.94. The third-order valence-electron chi connectivity index (χ3n) is 7.34. The van der Waals surface area contributed by atoms with Gasteiger partial charge in [0.15, 0.2) is 0 Å². The zero-order valence-corrected chi connectivity index (χ0v) is 23.6. The Kier molecular flexibility index (Phi) is 9.72. The number of piperidine rings is 1. The largest absolute Gasteiger partial charge is 0.385 e. The van der Waals surface area contributed by atoms with Gasteiger partial charge in [0.2, 0.25) is 0 Å². The number of aliphatic hydroxyl groups is 1. The molecule has 1 N–H and O–H groups in total. The van der Waals surface area contributed by atoms with Crippen LogP contribution in [0.15, 0.2) is 77.8 Å². The number of likely N-dealkylation sites (N-methyl/N-ethyl adjacent to an activating group) is 1. The van der Waals surface area contributed by atoms with E-state index in [2.05, 4.69) is 15.1 Å². The van der Waals surface area contributed by atoms with Crippen LogP contribution in [0.1, 0.15) is 46.7 Å². The SMILES string of the molecule is CN(C[C@H](CCN1CCC(O)(c2ccccc2)CC1)c1ccc(Cl)c(Cl)c1)C(=O)c1ccccc1N=C=S. The minimum absolute atomic E-state index is 0.0369. The molecule has 1 saturated heterocycles. The van der Waals surface area contributed by atoms with Gasteiger partial charge in [0.05, 0.1) is 32.1 Å². The van der Waals surface area contributed by atoms with Crippen LogP contribution in [0, 0.1) is 0 Å². The van der Waals surface area contributed by atoms with E-state index in [1.807, 2.05) is 54.6 Å². The second-order valence-electron chi connectivity index (χ2n) is 9.80. The summed E-state index contributed by atoms with van der Waals surface area (Å²) >= 11 is 17.3. The van der Waals surface area contributed by atoms with E-state index in [0.717, 1.165) is 37.2 Å². The zero-order valence-electron chi connectivity index (χ0n) is 21.3. The Bertz CT molecular complexity index is 1310. The minimum atomic E-state index is -0.786. The monoisotopic (exact) mass is 567 g/mol. The summed E-state index contributed by atoms with van der Waals surface area (Å²) in [7, 11) is 1.80. The molecule has 1 fully saturated rings. The first kappa shape index (κ1) is 28.4. The van der Waals surface area contributed by atoms with Crippen molar-refractivity contribution in [2.75, 3.05) is 33.2 Å². The molecular formula is C30H31Cl2N3O2S. The molecule has 0 radical (unpaired) electrons. The van der Waals surface area contributed by atoms with Crippen molar-refractivity contribution < 1.29 is 9.90 Å². The number of carbonyl (C=O) groups is 1. The second-order valence-corrected chi connectivity index (χ2v) is 10.8. The highest BCUT2D eigenvalue weighted by molar-refractivity contribution is 7.78. The third-order valence-corrected chi connectivity index (χ3v) is 8.18. The lowest BCUT2D eigenvalue weighted by Crippen LogP contribution is -2.43. The van der Waals surface area contributed by atoms with Crippen LogP contribution in [0.4, 0.5) is 5.69 Å². The number of nitrogens with zero attached hydrogens (tertiary/aromatic N) is 3. The molecule has 4 rings (SSSR count). The Morgan fingerprint density at radius 1 is 1.08 bits per heavy atom. The Hall–Kier alpha value is -2.57. The molecule has 3 aromatic rings. The third kappa shape index (κ3) is 6.89. The summed E-state index contributed by atoms with van der Waals surface area (Å²) in [5.41, 5.74) is 2.21. The Labute approximate surface area is 239 Å². The normalized spacial score (nSPS) is 15.9. The summed E-state index contributed by atoms with van der Waals surface area (Å²) in [4.78, 5) is 21.5. The van der Waals surface area contributed by atoms with Crippen LogP contribution in [-0.4, -0.2) is 59.2 Å². The van der Waals surface area contributed by atoms with Crippen LogP contribution >= 0.6 is 35.4 Å². The van der Waals surface area contributed by atoms with Crippen LogP contribution in [0.25, 0.3) is 0 Å². The van der Waals surface area contributed by atoms with E-state index in [4.69, 9.17) is 35.4 Å². The summed E-state index contributed by atoms with van der Waals surface area (Å²) < 4.78 is 0. The lowest BCUT2D eigenvalue weighted by atomic mass is 9.84. The van der Waals surface area contributed by atoms with Gasteiger partial charge < -0.3 is 14.9 Å². The quantitative estimate of drug-likeness (QED) is 0.224. The number of isothiocyanates is 1. The molecule has 0 spiro atoms. The smallest absolute Gasteiger partial charge is 0.255 e. The first-order valence-corrected chi connectivity index (χ1v) is 13.8. The van der Waals surface area contributed by atoms with E-state index < -0.39 is 5.60 Å². The Morgan fingerprint density at radius 3 is 2.45 bits per heavy atom. The number of halogens is 2. The van der Waals surface area contributed by atoms with Crippen molar-refractivity contribution in [3.8, 4) is 0 Å². The van der Waals surface area contributed by atoms with E-state index in [-0.39, 0.29) is 11.8 Å². The molecule has 1 aliphatic heterocycles. The predicted octanol–water partition coefficient (Wildman–Crippen LogP) is 6.96. The lowest BCUT2D eigenvalue weighted by molar-refractivity contribution is -0.0264. The molecule has 0 aromatic heterocycles. The van der Waals surface area contributed by atoms with Gasteiger partial charge in [-0.05, 0) is 73.4 Å². The summed E-state index contributed by atoms with van der Waals surface area (Å²) in [6.45, 7) is 2.94. The molecule has 0 unspecified atom stereocenters. The maximum atomic E-state index is 13.4. The van der Waals surface area contributed by atoms with Gasteiger partial charge >= 0.3 is 0 Å². The standard InChI is InChI=1S/C30H31Cl2N3O2S/c1-34(29(36)25-9-5-6-10-28(25)33-21-38)20-23(22-11-12-26(31)27(32)19-22)13-16-35-17-14-30(37,15-18-35)24-7-3-2-4-8-24/h2-12,19,23,37H,13-18,20H2,1H3/t23-/m0/s1. The molecule has 1 aliphatic rings. The number of para-hydroxylation sites is 1. The van der Waals surface area contributed by atoms with E-state index in [9.17, 15) is 9.90 Å². The van der Waals surface area contributed by atoms with Gasteiger partial charge in [0.25, 0.3) is 5.91 Å². The summed E-state index contributed by atoms with van der Waals surface area (Å²) in [6, 6.07) is 22.7. The maximum Gasteiger partial charge on any atom is 0.255 e. The fourth-order valence-corrected chi connectivity index (χ4v) is 5.48. The van der Waals surface area contributed by atoms with Crippen molar-refractivity contribution in [3.63, 3.8) is 0 Å². The fraction of sp³-hybridized carbons (Fsp3) is 0.333. The Morgan fingerprint density at radius 2 is 1.76 bits per heavy atom. The van der Waals surface area contributed by atoms with Crippen molar-refractivity contribution in [3.05, 3.63) is 99.5 Å². The minimum Gasteiger partial charge on any atom is -0.385 e. The van der Waals surface area contributed by atoms with Crippen molar-refractivity contribution in [1.29, 1.82) is 0 Å². The number of likely N-dealkylation sites (tertiary alicyclic amines) is 1. The number of hydrogen-bond donors (Lipinski definition) is 1. The van der Waals surface area contributed by atoms with Gasteiger partial charge in [-0.1, -0.05) is 71.7 Å². The maximum absolute atomic E-state index is 13.4. The topological polar surface area (TPSA) is 56.1 Å². The van der Waals surface area contributed by atoms with Crippen molar-refractivity contribution in [2.24, 2.45) is 4.99 Å². The van der Waals surface area contributed by atoms with Gasteiger partial charge in [-0.25, -0.2) is 0 Å². The molecule has 38 heavy (non-hydrogen) atoms. The highest BCUT2D eigenvalue weighted by atomic mass is 35.5. The van der Waals surface area contributed by atoms with Crippen LogP contribution in [-0.2, 0) is 5.60 Å². The molecule has 1 heterocycles. The summed E-state index contributed by atoms with van der Waals surface area (Å²) in [5, 5.41) is 14.6. The number of rotatable bonds is 9. The second kappa shape index (κ2) is 13.0. The predicted molar refractivity (Wildman–Crippen MR) is 158 cm³/mol. The number of carbonyl (C=O) groups excluding carboxylic acids is 1. The average molecular weight is 569 g/mol. The van der Waals surface area contributed by atoms with Gasteiger partial charge in [-0.15, -0.1) is 0 Å². The van der Waals surface area contributed by atoms with Gasteiger partial charge in [-0.3, -0.25) is 4.79 Å². The molecule has 5 nitrogen and oxygen atoms in total. The van der Waals surface area contributed by atoms with E-state index >= 15 is 0 Å². The van der Waals surface area contributed by atoms with Gasteiger partial charge in [0, 0.05) is 32.6 Å². The number of thiocarbonyl (C=S) groups is 1. The highest BCUT2D eigenvalue weighted by Crippen LogP contribution is 2.34.